The van der Waals surface area contributed by atoms with E-state index in [0.717, 1.165) is 38.2 Å². The van der Waals surface area contributed by atoms with Gasteiger partial charge in [-0.05, 0) is 55.4 Å². The molecule has 36 heavy (non-hydrogen) atoms. The van der Waals surface area contributed by atoms with Gasteiger partial charge < -0.3 is 20.1 Å². The van der Waals surface area contributed by atoms with E-state index in [1.807, 2.05) is 0 Å². The zero-order valence-corrected chi connectivity index (χ0v) is 19.4. The molecule has 3 fully saturated rings. The molecule has 1 aliphatic carbocycles. The lowest BCUT2D eigenvalue weighted by molar-refractivity contribution is 0.104. The van der Waals surface area contributed by atoms with Crippen molar-refractivity contribution in [3.05, 3.63) is 42.5 Å². The molecule has 188 valence electrons. The standard InChI is InChI=1S/C26H28F2N6O2/c1-36-24-11-15(10-22(27)31-24)14-5-8-18(21(35)9-14)26-29-13-23(32-33-26)34(17-6-7-17)20-12-16-3-2-4-19(30-16)25(20)28/h5,8-11,13,16-17,19-20,25,30,35H,2-4,6-7,12H2,1H3/t16-,19-,20+,25-/m0/s1/i1D3. The smallest absolute Gasteiger partial charge is 0.216 e. The Morgan fingerprint density at radius 2 is 2.03 bits per heavy atom. The zero-order valence-electron chi connectivity index (χ0n) is 22.4. The number of anilines is 1. The quantitative estimate of drug-likeness (QED) is 0.493. The Morgan fingerprint density at radius 1 is 1.14 bits per heavy atom. The fraction of sp³-hybridized carbons (Fsp3) is 0.462. The van der Waals surface area contributed by atoms with Crippen LogP contribution in [0.15, 0.2) is 36.5 Å². The van der Waals surface area contributed by atoms with E-state index >= 15 is 4.39 Å². The van der Waals surface area contributed by atoms with Crippen molar-refractivity contribution in [3.8, 4) is 34.1 Å². The molecule has 0 amide bonds. The van der Waals surface area contributed by atoms with Crippen molar-refractivity contribution in [2.45, 2.75) is 68.9 Å². The molecule has 0 radical (unpaired) electrons. The van der Waals surface area contributed by atoms with Gasteiger partial charge in [0.05, 0.1) is 29.0 Å². The summed E-state index contributed by atoms with van der Waals surface area (Å²) in [6, 6.07) is 7.06. The summed E-state index contributed by atoms with van der Waals surface area (Å²) in [5, 5.41) is 22.8. The molecule has 2 aliphatic heterocycles. The van der Waals surface area contributed by atoms with Gasteiger partial charge in [0.25, 0.3) is 0 Å². The number of ether oxygens (including phenoxy) is 1. The highest BCUT2D eigenvalue weighted by Crippen LogP contribution is 2.39. The summed E-state index contributed by atoms with van der Waals surface area (Å²) in [7, 11) is -2.78. The van der Waals surface area contributed by atoms with Crippen LogP contribution in [-0.4, -0.2) is 62.6 Å². The maximum Gasteiger partial charge on any atom is 0.216 e. The molecule has 2 N–H and O–H groups in total. The topological polar surface area (TPSA) is 96.3 Å². The number of phenols is 1. The average molecular weight is 498 g/mol. The van der Waals surface area contributed by atoms with Gasteiger partial charge in [-0.3, -0.25) is 0 Å². The summed E-state index contributed by atoms with van der Waals surface area (Å²) < 4.78 is 55.8. The Labute approximate surface area is 212 Å². The average Bonchev–Trinajstić information content (AvgIpc) is 3.72. The maximum atomic E-state index is 15.5. The number of hydrogen-bond donors (Lipinski definition) is 2. The van der Waals surface area contributed by atoms with Crippen LogP contribution in [0.1, 0.15) is 42.6 Å². The second-order valence-corrected chi connectivity index (χ2v) is 9.78. The molecule has 3 aromatic rings. The van der Waals surface area contributed by atoms with Crippen LogP contribution in [0.5, 0.6) is 11.6 Å². The van der Waals surface area contributed by atoms with Crippen molar-refractivity contribution in [1.82, 2.24) is 25.5 Å². The minimum atomic E-state index is -2.78. The second kappa shape index (κ2) is 9.24. The van der Waals surface area contributed by atoms with E-state index in [0.29, 0.717) is 29.4 Å². The van der Waals surface area contributed by atoms with Crippen LogP contribution in [0.3, 0.4) is 0 Å². The number of alkyl halides is 1. The maximum absolute atomic E-state index is 15.5. The van der Waals surface area contributed by atoms with Crippen LogP contribution in [-0.2, 0) is 0 Å². The van der Waals surface area contributed by atoms with Crippen LogP contribution in [0.2, 0.25) is 0 Å². The molecule has 6 rings (SSSR count). The molecular formula is C26H28F2N6O2. The predicted molar refractivity (Wildman–Crippen MR) is 130 cm³/mol. The summed E-state index contributed by atoms with van der Waals surface area (Å²) >= 11 is 0. The molecule has 2 saturated heterocycles. The molecule has 0 spiro atoms. The zero-order chi connectivity index (χ0) is 27.3. The van der Waals surface area contributed by atoms with Gasteiger partial charge >= 0.3 is 0 Å². The normalized spacial score (nSPS) is 27.0. The third kappa shape index (κ3) is 4.34. The van der Waals surface area contributed by atoms with Gasteiger partial charge in [-0.15, -0.1) is 10.2 Å². The lowest BCUT2D eigenvalue weighted by Gasteiger charge is -2.47. The molecule has 2 bridgehead atoms. The van der Waals surface area contributed by atoms with Crippen molar-refractivity contribution in [1.29, 1.82) is 0 Å². The molecule has 3 aliphatic rings. The summed E-state index contributed by atoms with van der Waals surface area (Å²) in [6.45, 7) is 0. The molecule has 4 heterocycles. The number of fused-ring (bicyclic) bond motifs is 2. The van der Waals surface area contributed by atoms with E-state index in [-0.39, 0.29) is 35.3 Å². The predicted octanol–water partition coefficient (Wildman–Crippen LogP) is 4.04. The number of hydrogen-bond acceptors (Lipinski definition) is 8. The third-order valence-corrected chi connectivity index (χ3v) is 7.35. The first kappa shape index (κ1) is 19.7. The van der Waals surface area contributed by atoms with Gasteiger partial charge in [-0.25, -0.2) is 9.37 Å². The van der Waals surface area contributed by atoms with Gasteiger partial charge in [0.2, 0.25) is 11.8 Å². The summed E-state index contributed by atoms with van der Waals surface area (Å²) in [5.74, 6) is -0.785. The first-order valence-corrected chi connectivity index (χ1v) is 12.2. The number of nitrogens with one attached hydrogen (secondary N) is 1. The van der Waals surface area contributed by atoms with E-state index in [9.17, 15) is 9.50 Å². The lowest BCUT2D eigenvalue weighted by atomic mass is 9.82. The number of aromatic nitrogens is 4. The molecule has 8 nitrogen and oxygen atoms in total. The van der Waals surface area contributed by atoms with Crippen molar-refractivity contribution < 1.29 is 22.7 Å². The number of methoxy groups -OCH3 is 1. The largest absolute Gasteiger partial charge is 0.507 e. The first-order chi connectivity index (χ1) is 18.6. The van der Waals surface area contributed by atoms with Gasteiger partial charge in [0.15, 0.2) is 11.6 Å². The third-order valence-electron chi connectivity index (χ3n) is 7.35. The molecule has 2 aromatic heterocycles. The Kier molecular flexibility index (Phi) is 5.07. The molecule has 1 aromatic carbocycles. The number of nitrogens with zero attached hydrogens (tertiary/aromatic N) is 5. The van der Waals surface area contributed by atoms with E-state index < -0.39 is 25.0 Å². The Bertz CT molecular complexity index is 1360. The minimum Gasteiger partial charge on any atom is -0.507 e. The monoisotopic (exact) mass is 497 g/mol. The van der Waals surface area contributed by atoms with Crippen molar-refractivity contribution in [3.63, 3.8) is 0 Å². The number of pyridine rings is 1. The van der Waals surface area contributed by atoms with Gasteiger partial charge in [0.1, 0.15) is 11.9 Å². The van der Waals surface area contributed by atoms with Crippen LogP contribution in [0.25, 0.3) is 22.5 Å². The highest BCUT2D eigenvalue weighted by Gasteiger charge is 2.46. The molecular weight excluding hydrogens is 466 g/mol. The second-order valence-electron chi connectivity index (χ2n) is 9.78. The minimum absolute atomic E-state index is 0.135. The summed E-state index contributed by atoms with van der Waals surface area (Å²) in [4.78, 5) is 9.95. The molecule has 10 heteroatoms. The Balaban J connectivity index is 1.24. The van der Waals surface area contributed by atoms with Crippen LogP contribution in [0.4, 0.5) is 14.6 Å². The highest BCUT2D eigenvalue weighted by molar-refractivity contribution is 5.73. The number of rotatable bonds is 6. The molecule has 1 saturated carbocycles. The van der Waals surface area contributed by atoms with Gasteiger partial charge in [0, 0.05) is 30.3 Å². The van der Waals surface area contributed by atoms with E-state index in [2.05, 4.69) is 30.4 Å². The SMILES string of the molecule is [2H]C([2H])([2H])Oc1cc(-c2ccc(-c3ncc(N(C4CC4)[C@@H]4C[C@@H]5CCC[C@H](N5)[C@@H]4F)nn3)c(O)c2)cc(F)n1. The molecule has 4 atom stereocenters. The first-order valence-electron chi connectivity index (χ1n) is 13.7. The van der Waals surface area contributed by atoms with Crippen LogP contribution < -0.4 is 15.0 Å². The number of piperidine rings is 2. The van der Waals surface area contributed by atoms with Crippen LogP contribution in [0, 0.1) is 5.95 Å². The fourth-order valence-corrected chi connectivity index (χ4v) is 5.53. The fourth-order valence-electron chi connectivity index (χ4n) is 5.53. The number of halogens is 2. The van der Waals surface area contributed by atoms with Gasteiger partial charge in [-0.1, -0.05) is 12.5 Å². The van der Waals surface area contributed by atoms with Crippen LogP contribution >= 0.6 is 0 Å². The summed E-state index contributed by atoms with van der Waals surface area (Å²) in [6.07, 6.45) is 6.19. The van der Waals surface area contributed by atoms with Crippen molar-refractivity contribution in [2.24, 2.45) is 0 Å². The molecule has 0 unspecified atom stereocenters. The Hall–Kier alpha value is -3.40. The highest BCUT2D eigenvalue weighted by atomic mass is 19.1. The number of benzene rings is 1. The number of phenolic OH excluding ortho intramolecular Hbond substituents is 1. The summed E-state index contributed by atoms with van der Waals surface area (Å²) in [5.41, 5.74) is 0.984. The number of aromatic hydroxyl groups is 1. The lowest BCUT2D eigenvalue weighted by Crippen LogP contribution is -2.62. The van der Waals surface area contributed by atoms with Gasteiger partial charge in [-0.2, -0.15) is 9.37 Å². The Morgan fingerprint density at radius 3 is 2.78 bits per heavy atom. The van der Waals surface area contributed by atoms with E-state index in [1.165, 1.54) is 12.1 Å². The van der Waals surface area contributed by atoms with E-state index in [1.54, 1.807) is 18.3 Å². The van der Waals surface area contributed by atoms with Crippen molar-refractivity contribution >= 4 is 5.82 Å². The van der Waals surface area contributed by atoms with E-state index in [4.69, 9.17) is 8.85 Å². The van der Waals surface area contributed by atoms with Crippen molar-refractivity contribution in [2.75, 3.05) is 11.9 Å².